The van der Waals surface area contributed by atoms with Crippen molar-refractivity contribution in [1.82, 2.24) is 0 Å². The fourth-order valence-electron chi connectivity index (χ4n) is 1.82. The van der Waals surface area contributed by atoms with E-state index in [1.165, 1.54) is 5.56 Å². The van der Waals surface area contributed by atoms with Crippen LogP contribution in [0, 0.1) is 0 Å². The van der Waals surface area contributed by atoms with Crippen LogP contribution in [0.15, 0.2) is 60.9 Å². The van der Waals surface area contributed by atoms with Crippen molar-refractivity contribution in [3.63, 3.8) is 0 Å². The molecule has 1 aromatic carbocycles. The zero-order valence-corrected chi connectivity index (χ0v) is 12.2. The van der Waals surface area contributed by atoms with Gasteiger partial charge in [-0.05, 0) is 31.8 Å². The van der Waals surface area contributed by atoms with Gasteiger partial charge in [-0.15, -0.1) is 0 Å². The van der Waals surface area contributed by atoms with Gasteiger partial charge in [0.25, 0.3) is 6.23 Å². The molecule has 0 bridgehead atoms. The van der Waals surface area contributed by atoms with Crippen molar-refractivity contribution >= 4 is 8.32 Å². The van der Waals surface area contributed by atoms with Gasteiger partial charge in [-0.2, -0.15) is 4.57 Å². The number of pyridine rings is 1. The Labute approximate surface area is 110 Å². The van der Waals surface area contributed by atoms with Crippen LogP contribution >= 0.6 is 0 Å². The molecule has 1 unspecified atom stereocenters. The lowest BCUT2D eigenvalue weighted by atomic mass is 10.2. The lowest BCUT2D eigenvalue weighted by Crippen LogP contribution is -2.45. The Hall–Kier alpha value is -1.45. The van der Waals surface area contributed by atoms with Gasteiger partial charge in [0.05, 0.1) is 0 Å². The SMILES string of the molecule is C[Si](C)(C)OC(c1ccccc1)[n+]1ccccc1. The second-order valence-corrected chi connectivity index (χ2v) is 9.78. The number of hydrogen-bond donors (Lipinski definition) is 0. The van der Waals surface area contributed by atoms with Crippen molar-refractivity contribution < 1.29 is 8.99 Å². The van der Waals surface area contributed by atoms with Gasteiger partial charge in [-0.1, -0.05) is 24.3 Å². The molecular formula is C15H20NOSi+. The molecule has 0 fully saturated rings. The van der Waals surface area contributed by atoms with Crippen LogP contribution in [0.5, 0.6) is 0 Å². The molecule has 1 aromatic heterocycles. The Morgan fingerprint density at radius 1 is 0.889 bits per heavy atom. The Balaban J connectivity index is 2.36. The maximum Gasteiger partial charge on any atom is 0.280 e. The van der Waals surface area contributed by atoms with Crippen LogP contribution < -0.4 is 4.57 Å². The number of aromatic nitrogens is 1. The van der Waals surface area contributed by atoms with Crippen molar-refractivity contribution in [2.45, 2.75) is 25.9 Å². The summed E-state index contributed by atoms with van der Waals surface area (Å²) < 4.78 is 8.43. The molecule has 0 aliphatic heterocycles. The summed E-state index contributed by atoms with van der Waals surface area (Å²) in [6.07, 6.45) is 4.08. The molecule has 1 atom stereocenters. The minimum atomic E-state index is -1.61. The summed E-state index contributed by atoms with van der Waals surface area (Å²) >= 11 is 0. The van der Waals surface area contributed by atoms with Crippen LogP contribution in [0.1, 0.15) is 11.8 Å². The summed E-state index contributed by atoms with van der Waals surface area (Å²) in [5.41, 5.74) is 1.19. The third-order valence-electron chi connectivity index (χ3n) is 2.56. The third kappa shape index (κ3) is 3.52. The molecule has 0 aliphatic carbocycles. The lowest BCUT2D eigenvalue weighted by Gasteiger charge is -2.22. The summed E-state index contributed by atoms with van der Waals surface area (Å²) in [5, 5.41) is 0. The topological polar surface area (TPSA) is 13.1 Å². The van der Waals surface area contributed by atoms with E-state index in [1.54, 1.807) is 0 Å². The Bertz CT molecular complexity index is 439. The average molecular weight is 258 g/mol. The monoisotopic (exact) mass is 258 g/mol. The van der Waals surface area contributed by atoms with E-state index in [2.05, 4.69) is 60.9 Å². The van der Waals surface area contributed by atoms with Gasteiger partial charge in [0, 0.05) is 17.7 Å². The molecule has 0 amide bonds. The lowest BCUT2D eigenvalue weighted by molar-refractivity contribution is -0.745. The highest BCUT2D eigenvalue weighted by Gasteiger charge is 2.28. The molecule has 3 heteroatoms. The van der Waals surface area contributed by atoms with Gasteiger partial charge in [0.15, 0.2) is 20.7 Å². The van der Waals surface area contributed by atoms with Crippen LogP contribution in [0.2, 0.25) is 19.6 Å². The van der Waals surface area contributed by atoms with Crippen molar-refractivity contribution in [3.05, 3.63) is 66.5 Å². The largest absolute Gasteiger partial charge is 0.360 e. The predicted molar refractivity (Wildman–Crippen MR) is 75.6 cm³/mol. The van der Waals surface area contributed by atoms with Gasteiger partial charge in [0.1, 0.15) is 0 Å². The number of benzene rings is 1. The van der Waals surface area contributed by atoms with E-state index in [9.17, 15) is 0 Å². The molecule has 18 heavy (non-hydrogen) atoms. The maximum absolute atomic E-state index is 6.31. The summed E-state index contributed by atoms with van der Waals surface area (Å²) in [7, 11) is -1.61. The molecule has 0 aliphatic rings. The summed E-state index contributed by atoms with van der Waals surface area (Å²) in [6, 6.07) is 16.5. The number of rotatable bonds is 4. The highest BCUT2D eigenvalue weighted by Crippen LogP contribution is 2.19. The molecule has 2 rings (SSSR count). The smallest absolute Gasteiger partial charge is 0.280 e. The number of hydrogen-bond acceptors (Lipinski definition) is 1. The second kappa shape index (κ2) is 5.46. The van der Waals surface area contributed by atoms with E-state index >= 15 is 0 Å². The van der Waals surface area contributed by atoms with Gasteiger partial charge >= 0.3 is 0 Å². The first-order chi connectivity index (χ1) is 8.56. The number of nitrogens with zero attached hydrogens (tertiary/aromatic N) is 1. The van der Waals surface area contributed by atoms with Crippen molar-refractivity contribution in [2.24, 2.45) is 0 Å². The highest BCUT2D eigenvalue weighted by molar-refractivity contribution is 6.69. The molecule has 0 spiro atoms. The first kappa shape index (κ1) is 13.0. The fraction of sp³-hybridized carbons (Fsp3) is 0.267. The normalized spacial score (nSPS) is 13.3. The fourth-order valence-corrected chi connectivity index (χ4v) is 2.75. The van der Waals surface area contributed by atoms with Crippen molar-refractivity contribution in [3.8, 4) is 0 Å². The van der Waals surface area contributed by atoms with E-state index in [0.29, 0.717) is 0 Å². The Kier molecular flexibility index (Phi) is 3.94. The average Bonchev–Trinajstić information content (AvgIpc) is 2.37. The first-order valence-electron chi connectivity index (χ1n) is 6.25. The Morgan fingerprint density at radius 3 is 2.00 bits per heavy atom. The standard InChI is InChI=1S/C15H20NOSi/c1-18(2,3)17-15(14-10-6-4-7-11-14)16-12-8-5-9-13-16/h4-13,15H,1-3H3/q+1. The van der Waals surface area contributed by atoms with Gasteiger partial charge in [-0.3, -0.25) is 0 Å². The molecule has 1 heterocycles. The highest BCUT2D eigenvalue weighted by atomic mass is 28.4. The van der Waals surface area contributed by atoms with Crippen LogP contribution in [0.25, 0.3) is 0 Å². The van der Waals surface area contributed by atoms with Gasteiger partial charge < -0.3 is 4.43 Å². The molecule has 0 radical (unpaired) electrons. The molecular weight excluding hydrogens is 238 g/mol. The van der Waals surface area contributed by atoms with Gasteiger partial charge in [-0.25, -0.2) is 0 Å². The van der Waals surface area contributed by atoms with E-state index in [4.69, 9.17) is 4.43 Å². The van der Waals surface area contributed by atoms with Crippen molar-refractivity contribution in [1.29, 1.82) is 0 Å². The second-order valence-electron chi connectivity index (χ2n) is 5.32. The summed E-state index contributed by atoms with van der Waals surface area (Å²) in [6.45, 7) is 6.64. The zero-order valence-electron chi connectivity index (χ0n) is 11.2. The van der Waals surface area contributed by atoms with E-state index in [1.807, 2.05) is 24.3 Å². The summed E-state index contributed by atoms with van der Waals surface area (Å²) in [4.78, 5) is 0. The van der Waals surface area contributed by atoms with Crippen LogP contribution in [-0.4, -0.2) is 8.32 Å². The maximum atomic E-state index is 6.31. The molecule has 2 aromatic rings. The third-order valence-corrected chi connectivity index (χ3v) is 3.49. The summed E-state index contributed by atoms with van der Waals surface area (Å²) in [5.74, 6) is 0. The molecule has 0 N–H and O–H groups in total. The molecule has 2 nitrogen and oxygen atoms in total. The van der Waals surface area contributed by atoms with Crippen LogP contribution in [-0.2, 0) is 4.43 Å². The zero-order chi connectivity index (χ0) is 13.0. The van der Waals surface area contributed by atoms with E-state index < -0.39 is 8.32 Å². The van der Waals surface area contributed by atoms with Crippen LogP contribution in [0.4, 0.5) is 0 Å². The van der Waals surface area contributed by atoms with E-state index in [0.717, 1.165) is 0 Å². The minimum absolute atomic E-state index is 0.0286. The quantitative estimate of drug-likeness (QED) is 0.605. The van der Waals surface area contributed by atoms with Crippen molar-refractivity contribution in [2.75, 3.05) is 0 Å². The molecule has 94 valence electrons. The van der Waals surface area contributed by atoms with E-state index in [-0.39, 0.29) is 6.23 Å². The minimum Gasteiger partial charge on any atom is -0.360 e. The van der Waals surface area contributed by atoms with Crippen LogP contribution in [0.3, 0.4) is 0 Å². The molecule has 0 saturated heterocycles. The first-order valence-corrected chi connectivity index (χ1v) is 9.66. The Morgan fingerprint density at radius 2 is 1.44 bits per heavy atom. The predicted octanol–water partition coefficient (Wildman–Crippen LogP) is 3.37. The molecule has 0 saturated carbocycles. The van der Waals surface area contributed by atoms with Gasteiger partial charge in [0.2, 0.25) is 0 Å².